The average Bonchev–Trinajstić information content (AvgIpc) is 2.46. The lowest BCUT2D eigenvalue weighted by Crippen LogP contribution is -2.26. The molecule has 0 saturated carbocycles. The number of benzene rings is 2. The maximum atomic E-state index is 12.5. The van der Waals surface area contributed by atoms with Crippen LogP contribution in [-0.2, 0) is 0 Å². The lowest BCUT2D eigenvalue weighted by Gasteiger charge is -2.18. The second-order valence-electron chi connectivity index (χ2n) is 4.40. The highest BCUT2D eigenvalue weighted by molar-refractivity contribution is 9.11. The third-order valence-corrected chi connectivity index (χ3v) is 4.39. The molecule has 108 valence electrons. The van der Waals surface area contributed by atoms with Gasteiger partial charge in [-0.2, -0.15) is 0 Å². The SMILES string of the molecule is CN(C(=O)c1ccc(Br)cc1Br)c1ccc(C(N)=S)cc1. The number of hydrogen-bond donors (Lipinski definition) is 1. The van der Waals surface area contributed by atoms with Crippen molar-refractivity contribution < 1.29 is 4.79 Å². The van der Waals surface area contributed by atoms with Crippen molar-refractivity contribution in [3.8, 4) is 0 Å². The second kappa shape index (κ2) is 6.68. The standard InChI is InChI=1S/C15H12Br2N2OS/c1-19(11-5-2-9(3-6-11)14(18)21)15(20)12-7-4-10(16)8-13(12)17/h2-8H,1H3,(H2,18,21). The Morgan fingerprint density at radius 2 is 1.76 bits per heavy atom. The zero-order valence-corrected chi connectivity index (χ0v) is 15.1. The van der Waals surface area contributed by atoms with Gasteiger partial charge >= 0.3 is 0 Å². The van der Waals surface area contributed by atoms with Crippen molar-refractivity contribution in [3.63, 3.8) is 0 Å². The van der Waals surface area contributed by atoms with Crippen LogP contribution in [0.25, 0.3) is 0 Å². The lowest BCUT2D eigenvalue weighted by molar-refractivity contribution is 0.0992. The van der Waals surface area contributed by atoms with E-state index in [-0.39, 0.29) is 5.91 Å². The van der Waals surface area contributed by atoms with Gasteiger partial charge in [0.2, 0.25) is 0 Å². The Morgan fingerprint density at radius 3 is 2.29 bits per heavy atom. The predicted molar refractivity (Wildman–Crippen MR) is 96.9 cm³/mol. The predicted octanol–water partition coefficient (Wildman–Crippen LogP) is 4.12. The third kappa shape index (κ3) is 3.70. The van der Waals surface area contributed by atoms with E-state index in [1.165, 1.54) is 0 Å². The van der Waals surface area contributed by atoms with E-state index in [1.54, 1.807) is 30.1 Å². The van der Waals surface area contributed by atoms with Crippen LogP contribution in [0.3, 0.4) is 0 Å². The minimum Gasteiger partial charge on any atom is -0.389 e. The highest BCUT2D eigenvalue weighted by atomic mass is 79.9. The van der Waals surface area contributed by atoms with Crippen molar-refractivity contribution in [3.05, 3.63) is 62.5 Å². The first kappa shape index (κ1) is 16.1. The summed E-state index contributed by atoms with van der Waals surface area (Å²) in [6.45, 7) is 0. The summed E-state index contributed by atoms with van der Waals surface area (Å²) >= 11 is 11.7. The summed E-state index contributed by atoms with van der Waals surface area (Å²) in [6, 6.07) is 12.7. The van der Waals surface area contributed by atoms with E-state index in [2.05, 4.69) is 31.9 Å². The third-order valence-electron chi connectivity index (χ3n) is 3.01. The number of hydrogen-bond acceptors (Lipinski definition) is 2. The smallest absolute Gasteiger partial charge is 0.259 e. The molecule has 6 heteroatoms. The van der Waals surface area contributed by atoms with Gasteiger partial charge in [0.1, 0.15) is 4.99 Å². The fourth-order valence-corrected chi connectivity index (χ4v) is 3.16. The Morgan fingerprint density at radius 1 is 1.14 bits per heavy atom. The van der Waals surface area contributed by atoms with Crippen molar-refractivity contribution in [2.24, 2.45) is 5.73 Å². The molecule has 2 N–H and O–H groups in total. The number of carbonyl (C=O) groups is 1. The molecule has 0 aliphatic carbocycles. The minimum atomic E-state index is -0.0996. The van der Waals surface area contributed by atoms with E-state index in [1.807, 2.05) is 24.3 Å². The van der Waals surface area contributed by atoms with Crippen LogP contribution in [0.5, 0.6) is 0 Å². The molecule has 0 bridgehead atoms. The molecule has 3 nitrogen and oxygen atoms in total. The number of thiocarbonyl (C=S) groups is 1. The Bertz CT molecular complexity index is 701. The van der Waals surface area contributed by atoms with Crippen molar-refractivity contribution in [1.29, 1.82) is 0 Å². The number of anilines is 1. The fraction of sp³-hybridized carbons (Fsp3) is 0.0667. The Balaban J connectivity index is 2.28. The minimum absolute atomic E-state index is 0.0996. The maximum Gasteiger partial charge on any atom is 0.259 e. The first-order valence-electron chi connectivity index (χ1n) is 6.03. The Hall–Kier alpha value is -1.24. The van der Waals surface area contributed by atoms with Gasteiger partial charge in [0.05, 0.1) is 5.56 Å². The number of amides is 1. The van der Waals surface area contributed by atoms with Crippen molar-refractivity contribution in [1.82, 2.24) is 0 Å². The van der Waals surface area contributed by atoms with Crippen LogP contribution in [0.4, 0.5) is 5.69 Å². The van der Waals surface area contributed by atoms with Crippen molar-refractivity contribution in [2.75, 3.05) is 11.9 Å². The molecule has 2 rings (SSSR count). The van der Waals surface area contributed by atoms with E-state index in [4.69, 9.17) is 18.0 Å². The van der Waals surface area contributed by atoms with Crippen LogP contribution in [0.2, 0.25) is 0 Å². The molecule has 0 aliphatic rings. The molecule has 0 spiro atoms. The summed E-state index contributed by atoms with van der Waals surface area (Å²) in [5.74, 6) is -0.0996. The van der Waals surface area contributed by atoms with Gasteiger partial charge in [0, 0.05) is 27.2 Å². The lowest BCUT2D eigenvalue weighted by atomic mass is 10.1. The topological polar surface area (TPSA) is 46.3 Å². The number of rotatable bonds is 3. The quantitative estimate of drug-likeness (QED) is 0.749. The summed E-state index contributed by atoms with van der Waals surface area (Å²) in [5, 5.41) is 0. The van der Waals surface area contributed by atoms with Gasteiger partial charge in [-0.1, -0.05) is 28.1 Å². The van der Waals surface area contributed by atoms with Crippen LogP contribution in [0, 0.1) is 0 Å². The number of nitrogens with two attached hydrogens (primary N) is 1. The summed E-state index contributed by atoms with van der Waals surface area (Å²) in [7, 11) is 1.73. The molecule has 0 unspecified atom stereocenters. The van der Waals surface area contributed by atoms with Crippen LogP contribution in [0.15, 0.2) is 51.4 Å². The monoisotopic (exact) mass is 426 g/mol. The molecule has 2 aromatic carbocycles. The number of nitrogens with zero attached hydrogens (tertiary/aromatic N) is 1. The number of halogens is 2. The van der Waals surface area contributed by atoms with Gasteiger partial charge in [0.25, 0.3) is 5.91 Å². The summed E-state index contributed by atoms with van der Waals surface area (Å²) in [4.78, 5) is 14.4. The highest BCUT2D eigenvalue weighted by Crippen LogP contribution is 2.25. The van der Waals surface area contributed by atoms with E-state index in [9.17, 15) is 4.79 Å². The van der Waals surface area contributed by atoms with E-state index in [0.29, 0.717) is 10.6 Å². The maximum absolute atomic E-state index is 12.5. The molecule has 0 aliphatic heterocycles. The largest absolute Gasteiger partial charge is 0.389 e. The summed E-state index contributed by atoms with van der Waals surface area (Å²) in [6.07, 6.45) is 0. The van der Waals surface area contributed by atoms with Gasteiger partial charge in [0.15, 0.2) is 0 Å². The van der Waals surface area contributed by atoms with E-state index in [0.717, 1.165) is 20.2 Å². The van der Waals surface area contributed by atoms with Crippen molar-refractivity contribution >= 4 is 60.7 Å². The van der Waals surface area contributed by atoms with Gasteiger partial charge < -0.3 is 10.6 Å². The zero-order chi connectivity index (χ0) is 15.6. The van der Waals surface area contributed by atoms with Crippen LogP contribution in [0.1, 0.15) is 15.9 Å². The molecule has 21 heavy (non-hydrogen) atoms. The molecule has 0 heterocycles. The van der Waals surface area contributed by atoms with Gasteiger partial charge in [-0.15, -0.1) is 0 Å². The van der Waals surface area contributed by atoms with Gasteiger partial charge in [-0.3, -0.25) is 4.79 Å². The Kier molecular flexibility index (Phi) is 5.13. The van der Waals surface area contributed by atoms with Gasteiger partial charge in [-0.05, 0) is 58.4 Å². The summed E-state index contributed by atoms with van der Waals surface area (Å²) < 4.78 is 1.66. The fourth-order valence-electron chi connectivity index (χ4n) is 1.81. The molecule has 0 atom stereocenters. The molecule has 1 amide bonds. The van der Waals surface area contributed by atoms with E-state index < -0.39 is 0 Å². The molecule has 0 aromatic heterocycles. The molecule has 0 saturated heterocycles. The summed E-state index contributed by atoms with van der Waals surface area (Å²) in [5.41, 5.74) is 7.71. The first-order chi connectivity index (χ1) is 9.90. The molecule has 2 aromatic rings. The van der Waals surface area contributed by atoms with E-state index >= 15 is 0 Å². The molecular weight excluding hydrogens is 416 g/mol. The van der Waals surface area contributed by atoms with Crippen LogP contribution in [-0.4, -0.2) is 17.9 Å². The normalized spacial score (nSPS) is 10.2. The zero-order valence-electron chi connectivity index (χ0n) is 11.1. The average molecular weight is 428 g/mol. The second-order valence-corrected chi connectivity index (χ2v) is 6.61. The van der Waals surface area contributed by atoms with Crippen molar-refractivity contribution in [2.45, 2.75) is 0 Å². The first-order valence-corrected chi connectivity index (χ1v) is 8.02. The van der Waals surface area contributed by atoms with Crippen LogP contribution >= 0.6 is 44.1 Å². The number of carbonyl (C=O) groups excluding carboxylic acids is 1. The highest BCUT2D eigenvalue weighted by Gasteiger charge is 2.16. The van der Waals surface area contributed by atoms with Gasteiger partial charge in [-0.25, -0.2) is 0 Å². The molecule has 0 radical (unpaired) electrons. The molecular formula is C15H12Br2N2OS. The van der Waals surface area contributed by atoms with Crippen LogP contribution < -0.4 is 10.6 Å². The Labute approximate surface area is 145 Å². The molecule has 0 fully saturated rings.